The van der Waals surface area contributed by atoms with Gasteiger partial charge in [0.05, 0.1) is 18.0 Å². The topological polar surface area (TPSA) is 92.2 Å². The molecule has 0 aliphatic rings. The lowest BCUT2D eigenvalue weighted by Crippen LogP contribution is -2.14. The normalized spacial score (nSPS) is 10.1. The van der Waals surface area contributed by atoms with Crippen molar-refractivity contribution in [2.45, 2.75) is 6.92 Å². The number of carbonyl (C=O) groups is 2. The predicted octanol–water partition coefficient (Wildman–Crippen LogP) is 2.39. The van der Waals surface area contributed by atoms with Gasteiger partial charge in [-0.05, 0) is 24.6 Å². The summed E-state index contributed by atoms with van der Waals surface area (Å²) in [4.78, 5) is 30.5. The second kappa shape index (κ2) is 5.66. The molecular formula is C13H10ClN3O3. The van der Waals surface area contributed by atoms with Crippen molar-refractivity contribution >= 4 is 29.2 Å². The number of carbonyl (C=O) groups excluding carboxylic acids is 1. The highest BCUT2D eigenvalue weighted by molar-refractivity contribution is 6.29. The Bertz CT molecular complexity index is 671. The summed E-state index contributed by atoms with van der Waals surface area (Å²) in [5.41, 5.74) is 1.20. The number of nitrogens with one attached hydrogen (secondary N) is 1. The zero-order valence-corrected chi connectivity index (χ0v) is 11.2. The molecule has 0 unspecified atom stereocenters. The SMILES string of the molecule is Cc1ccc(NC(=O)c2cnc(Cl)cn2)cc1C(=O)O. The number of carboxylic acids is 1. The van der Waals surface area contributed by atoms with Gasteiger partial charge >= 0.3 is 5.97 Å². The average molecular weight is 292 g/mol. The summed E-state index contributed by atoms with van der Waals surface area (Å²) >= 11 is 5.58. The molecule has 2 rings (SSSR count). The summed E-state index contributed by atoms with van der Waals surface area (Å²) < 4.78 is 0. The van der Waals surface area contributed by atoms with Crippen LogP contribution in [0.5, 0.6) is 0 Å². The summed E-state index contributed by atoms with van der Waals surface area (Å²) in [6.45, 7) is 1.68. The highest BCUT2D eigenvalue weighted by Crippen LogP contribution is 2.16. The molecule has 0 aliphatic heterocycles. The maximum absolute atomic E-state index is 11.9. The van der Waals surface area contributed by atoms with E-state index in [-0.39, 0.29) is 16.4 Å². The van der Waals surface area contributed by atoms with Gasteiger partial charge in [-0.15, -0.1) is 0 Å². The highest BCUT2D eigenvalue weighted by atomic mass is 35.5. The van der Waals surface area contributed by atoms with E-state index in [1.54, 1.807) is 19.1 Å². The maximum Gasteiger partial charge on any atom is 0.336 e. The van der Waals surface area contributed by atoms with Crippen LogP contribution in [0.15, 0.2) is 30.6 Å². The minimum absolute atomic E-state index is 0.0897. The molecule has 1 amide bonds. The van der Waals surface area contributed by atoms with Crippen molar-refractivity contribution < 1.29 is 14.7 Å². The molecule has 0 bridgehead atoms. The molecule has 0 saturated heterocycles. The molecule has 6 nitrogen and oxygen atoms in total. The molecule has 2 aromatic rings. The first kappa shape index (κ1) is 14.0. The number of amides is 1. The van der Waals surface area contributed by atoms with Gasteiger partial charge in [-0.25, -0.2) is 14.8 Å². The van der Waals surface area contributed by atoms with E-state index in [0.29, 0.717) is 11.3 Å². The van der Waals surface area contributed by atoms with Gasteiger partial charge in [0.25, 0.3) is 5.91 Å². The van der Waals surface area contributed by atoms with Crippen molar-refractivity contribution in [3.05, 3.63) is 52.6 Å². The summed E-state index contributed by atoms with van der Waals surface area (Å²) in [7, 11) is 0. The monoisotopic (exact) mass is 291 g/mol. The van der Waals surface area contributed by atoms with Crippen LogP contribution in [0.25, 0.3) is 0 Å². The molecule has 0 saturated carbocycles. The Kier molecular flexibility index (Phi) is 3.95. The number of hydrogen-bond acceptors (Lipinski definition) is 4. The van der Waals surface area contributed by atoms with Gasteiger partial charge in [0.2, 0.25) is 0 Å². The van der Waals surface area contributed by atoms with E-state index in [4.69, 9.17) is 16.7 Å². The van der Waals surface area contributed by atoms with Crippen molar-refractivity contribution in [3.63, 3.8) is 0 Å². The van der Waals surface area contributed by atoms with Gasteiger partial charge in [0.1, 0.15) is 10.8 Å². The molecule has 2 N–H and O–H groups in total. The van der Waals surface area contributed by atoms with E-state index in [2.05, 4.69) is 15.3 Å². The number of benzene rings is 1. The number of aromatic nitrogens is 2. The number of anilines is 1. The summed E-state index contributed by atoms with van der Waals surface area (Å²) in [5.74, 6) is -1.54. The molecule has 0 radical (unpaired) electrons. The van der Waals surface area contributed by atoms with Crippen LogP contribution in [-0.4, -0.2) is 27.0 Å². The van der Waals surface area contributed by atoms with E-state index < -0.39 is 11.9 Å². The first-order chi connectivity index (χ1) is 9.47. The van der Waals surface area contributed by atoms with Gasteiger partial charge in [-0.1, -0.05) is 17.7 Å². The molecule has 0 aliphatic carbocycles. The molecule has 0 fully saturated rings. The van der Waals surface area contributed by atoms with Crippen molar-refractivity contribution in [1.82, 2.24) is 9.97 Å². The lowest BCUT2D eigenvalue weighted by molar-refractivity contribution is 0.0695. The fourth-order valence-electron chi connectivity index (χ4n) is 1.55. The Morgan fingerprint density at radius 2 is 2.00 bits per heavy atom. The van der Waals surface area contributed by atoms with Gasteiger partial charge in [0.15, 0.2) is 0 Å². The number of aromatic carboxylic acids is 1. The molecule has 102 valence electrons. The Morgan fingerprint density at radius 3 is 2.60 bits per heavy atom. The second-order valence-corrected chi connectivity index (χ2v) is 4.40. The lowest BCUT2D eigenvalue weighted by atomic mass is 10.1. The molecule has 1 aromatic heterocycles. The first-order valence-electron chi connectivity index (χ1n) is 5.60. The molecule has 1 aromatic carbocycles. The van der Waals surface area contributed by atoms with Gasteiger partial charge in [-0.2, -0.15) is 0 Å². The fourth-order valence-corrected chi connectivity index (χ4v) is 1.65. The van der Waals surface area contributed by atoms with Crippen LogP contribution in [0.1, 0.15) is 26.4 Å². The number of rotatable bonds is 3. The standard InChI is InChI=1S/C13H10ClN3O3/c1-7-2-3-8(4-9(7)13(19)20)17-12(18)10-5-16-11(14)6-15-10/h2-6H,1H3,(H,17,18)(H,19,20). The lowest BCUT2D eigenvalue weighted by Gasteiger charge is -2.07. The predicted molar refractivity (Wildman–Crippen MR) is 73.1 cm³/mol. The van der Waals surface area contributed by atoms with Crippen molar-refractivity contribution in [3.8, 4) is 0 Å². The third-order valence-electron chi connectivity index (χ3n) is 2.58. The third kappa shape index (κ3) is 3.10. The van der Waals surface area contributed by atoms with E-state index in [1.165, 1.54) is 18.5 Å². The largest absolute Gasteiger partial charge is 0.478 e. The van der Waals surface area contributed by atoms with E-state index in [1.807, 2.05) is 0 Å². The number of nitrogens with zero attached hydrogens (tertiary/aromatic N) is 2. The minimum atomic E-state index is -1.05. The number of halogens is 1. The van der Waals surface area contributed by atoms with Crippen LogP contribution in [0.3, 0.4) is 0 Å². The van der Waals surface area contributed by atoms with Crippen LogP contribution >= 0.6 is 11.6 Å². The van der Waals surface area contributed by atoms with Crippen molar-refractivity contribution in [2.24, 2.45) is 0 Å². The van der Waals surface area contributed by atoms with Gasteiger partial charge < -0.3 is 10.4 Å². The summed E-state index contributed by atoms with van der Waals surface area (Å²) in [6.07, 6.45) is 2.50. The highest BCUT2D eigenvalue weighted by Gasteiger charge is 2.11. The van der Waals surface area contributed by atoms with E-state index in [9.17, 15) is 9.59 Å². The maximum atomic E-state index is 11.9. The molecule has 0 atom stereocenters. The van der Waals surface area contributed by atoms with Crippen LogP contribution < -0.4 is 5.32 Å². The van der Waals surface area contributed by atoms with E-state index >= 15 is 0 Å². The Labute approximate surface area is 119 Å². The zero-order valence-electron chi connectivity index (χ0n) is 10.4. The van der Waals surface area contributed by atoms with Crippen molar-refractivity contribution in [2.75, 3.05) is 5.32 Å². The Balaban J connectivity index is 2.21. The Morgan fingerprint density at radius 1 is 1.25 bits per heavy atom. The van der Waals surface area contributed by atoms with Crippen LogP contribution in [0.4, 0.5) is 5.69 Å². The van der Waals surface area contributed by atoms with E-state index in [0.717, 1.165) is 0 Å². The molecule has 1 heterocycles. The second-order valence-electron chi connectivity index (χ2n) is 4.01. The molecule has 20 heavy (non-hydrogen) atoms. The van der Waals surface area contributed by atoms with Gasteiger partial charge in [0, 0.05) is 5.69 Å². The Hall–Kier alpha value is -2.47. The average Bonchev–Trinajstić information content (AvgIpc) is 2.41. The summed E-state index contributed by atoms with van der Waals surface area (Å²) in [5, 5.41) is 11.8. The smallest absolute Gasteiger partial charge is 0.336 e. The van der Waals surface area contributed by atoms with Crippen LogP contribution in [-0.2, 0) is 0 Å². The minimum Gasteiger partial charge on any atom is -0.478 e. The fraction of sp³-hybridized carbons (Fsp3) is 0.0769. The van der Waals surface area contributed by atoms with Crippen LogP contribution in [0.2, 0.25) is 5.15 Å². The number of aryl methyl sites for hydroxylation is 1. The molecule has 7 heteroatoms. The first-order valence-corrected chi connectivity index (χ1v) is 5.98. The van der Waals surface area contributed by atoms with Gasteiger partial charge in [-0.3, -0.25) is 4.79 Å². The van der Waals surface area contributed by atoms with Crippen molar-refractivity contribution in [1.29, 1.82) is 0 Å². The zero-order chi connectivity index (χ0) is 14.7. The number of hydrogen-bond donors (Lipinski definition) is 2. The third-order valence-corrected chi connectivity index (χ3v) is 2.77. The number of carboxylic acid groups (broad SMARTS) is 1. The summed E-state index contributed by atoms with van der Waals surface area (Å²) in [6, 6.07) is 4.62. The molecule has 0 spiro atoms. The molecular weight excluding hydrogens is 282 g/mol. The van der Waals surface area contributed by atoms with Crippen LogP contribution in [0, 0.1) is 6.92 Å². The quantitative estimate of drug-likeness (QED) is 0.906.